The van der Waals surface area contributed by atoms with Crippen LogP contribution in [-0.2, 0) is 29.0 Å². The first-order valence-corrected chi connectivity index (χ1v) is 14.8. The monoisotopic (exact) mass is 604 g/mol. The molecule has 3 aromatic rings. The fraction of sp³-hybridized carbons (Fsp3) is 0.481. The zero-order valence-corrected chi connectivity index (χ0v) is 25.0. The summed E-state index contributed by atoms with van der Waals surface area (Å²) in [5.74, 6) is -0.244. The van der Waals surface area contributed by atoms with Gasteiger partial charge in [-0.05, 0) is 36.6 Å². The molecule has 0 radical (unpaired) electrons. The van der Waals surface area contributed by atoms with E-state index in [4.69, 9.17) is 24.3 Å². The van der Waals surface area contributed by atoms with E-state index < -0.39 is 50.3 Å². The highest BCUT2D eigenvalue weighted by molar-refractivity contribution is 7.52. The second-order valence-electron chi connectivity index (χ2n) is 11.1. The van der Waals surface area contributed by atoms with Crippen LogP contribution in [0.2, 0.25) is 0 Å². The van der Waals surface area contributed by atoms with Crippen molar-refractivity contribution in [2.45, 2.75) is 57.6 Å². The molecular weight excluding hydrogens is 567 g/mol. The van der Waals surface area contributed by atoms with Gasteiger partial charge in [-0.3, -0.25) is 14.3 Å². The van der Waals surface area contributed by atoms with Gasteiger partial charge in [-0.2, -0.15) is 10.2 Å². The average molecular weight is 605 g/mol. The van der Waals surface area contributed by atoms with E-state index >= 15 is 0 Å². The summed E-state index contributed by atoms with van der Waals surface area (Å²) in [7, 11) is -2.79. The number of rotatable bonds is 11. The van der Waals surface area contributed by atoms with Gasteiger partial charge in [0, 0.05) is 13.3 Å². The number of para-hydroxylation sites is 1. The summed E-state index contributed by atoms with van der Waals surface area (Å²) in [6.45, 7) is 6.85. The molecule has 2 aromatic heterocycles. The molecule has 4 rings (SSSR count). The first-order chi connectivity index (χ1) is 19.8. The minimum absolute atomic E-state index is 0.147. The number of nitrogens with one attached hydrogen (secondary N) is 1. The number of ether oxygens (including phenoxy) is 2. The normalized spacial score (nSPS) is 25.0. The van der Waals surface area contributed by atoms with Crippen LogP contribution in [0.1, 0.15) is 33.4 Å². The molecule has 42 heavy (non-hydrogen) atoms. The highest BCUT2D eigenvalue weighted by Crippen LogP contribution is 2.47. The van der Waals surface area contributed by atoms with Crippen LogP contribution in [0.15, 0.2) is 53.8 Å². The van der Waals surface area contributed by atoms with Crippen LogP contribution in [0.3, 0.4) is 0 Å². The Balaban J connectivity index is 1.57. The van der Waals surface area contributed by atoms with Crippen molar-refractivity contribution >= 4 is 31.3 Å². The number of hydrogen-bond acceptors (Lipinski definition) is 12. The molecule has 5 N–H and O–H groups in total. The number of hydrogen-bond donors (Lipinski definition) is 4. The SMILES string of the molecule is C/N=C/[C@@]1(c2ccc3c(N)ncnn23)O[C@H](COP(=O)(N[C@@H](C)C(=O)OCC(C)(C)C)Oc2ccccc2)[C@@H](O)[C@H]1O. The summed E-state index contributed by atoms with van der Waals surface area (Å²) in [6.07, 6.45) is -1.66. The van der Waals surface area contributed by atoms with Gasteiger partial charge in [0.1, 0.15) is 41.9 Å². The Morgan fingerprint density at radius 1 is 1.29 bits per heavy atom. The summed E-state index contributed by atoms with van der Waals surface area (Å²) in [5.41, 5.74) is 4.81. The van der Waals surface area contributed by atoms with Crippen molar-refractivity contribution in [2.24, 2.45) is 10.4 Å². The maximum atomic E-state index is 13.9. The molecule has 0 aliphatic carbocycles. The van der Waals surface area contributed by atoms with Gasteiger partial charge in [0.15, 0.2) is 11.4 Å². The lowest BCUT2D eigenvalue weighted by Crippen LogP contribution is -2.43. The Morgan fingerprint density at radius 2 is 2.00 bits per heavy atom. The molecule has 14 nitrogen and oxygen atoms in total. The number of esters is 1. The molecule has 6 atom stereocenters. The Labute approximate surface area is 243 Å². The average Bonchev–Trinajstić information content (AvgIpc) is 3.48. The van der Waals surface area contributed by atoms with Crippen LogP contribution in [0.4, 0.5) is 5.82 Å². The third-order valence-electron chi connectivity index (χ3n) is 6.42. The molecule has 3 heterocycles. The summed E-state index contributed by atoms with van der Waals surface area (Å²) < 4.78 is 38.3. The largest absolute Gasteiger partial charge is 0.464 e. The highest BCUT2D eigenvalue weighted by Gasteiger charge is 2.56. The first kappa shape index (κ1) is 31.5. The maximum absolute atomic E-state index is 13.9. The number of aliphatic imine (C=N–C) groups is 1. The summed E-state index contributed by atoms with van der Waals surface area (Å²) >= 11 is 0. The van der Waals surface area contributed by atoms with Crippen molar-refractivity contribution in [3.8, 4) is 5.75 Å². The zero-order valence-electron chi connectivity index (χ0n) is 24.1. The van der Waals surface area contributed by atoms with Gasteiger partial charge < -0.3 is 29.9 Å². The van der Waals surface area contributed by atoms with E-state index in [1.165, 1.54) is 31.0 Å². The molecule has 1 aromatic carbocycles. The molecular formula is C27H37N6O8P. The third-order valence-corrected chi connectivity index (χ3v) is 8.07. The van der Waals surface area contributed by atoms with Crippen molar-refractivity contribution in [1.29, 1.82) is 0 Å². The first-order valence-electron chi connectivity index (χ1n) is 13.3. The molecule has 0 bridgehead atoms. The number of fused-ring (bicyclic) bond motifs is 1. The number of benzene rings is 1. The minimum atomic E-state index is -4.28. The second kappa shape index (κ2) is 12.5. The van der Waals surface area contributed by atoms with Crippen LogP contribution < -0.4 is 15.3 Å². The molecule has 1 aliphatic rings. The predicted molar refractivity (Wildman–Crippen MR) is 154 cm³/mol. The molecule has 1 fully saturated rings. The standard InChI is InChI=1S/C27H37N6O8P/c1-17(25(36)38-15-26(2,3)4)32-42(37,41-18-9-7-6-8-10-18)39-13-20-22(34)23(35)27(40-20,14-29-5)21-12-11-19-24(28)30-16-31-33(19)21/h6-12,14,16-17,20,22-23,34-35H,13,15H2,1-5H3,(H,32,37)(H2,28,30,31)/b29-14+/t17-,20+,22+,23+,27-,42?/m0/s1. The van der Waals surface area contributed by atoms with Crippen LogP contribution in [0.5, 0.6) is 5.75 Å². The van der Waals surface area contributed by atoms with Crippen molar-refractivity contribution in [3.63, 3.8) is 0 Å². The zero-order chi connectivity index (χ0) is 30.7. The number of carbonyl (C=O) groups excluding carboxylic acids is 1. The fourth-order valence-electron chi connectivity index (χ4n) is 4.39. The summed E-state index contributed by atoms with van der Waals surface area (Å²) in [6, 6.07) is 10.4. The Kier molecular flexibility index (Phi) is 9.36. The number of carbonyl (C=O) groups is 1. The molecule has 228 valence electrons. The summed E-state index contributed by atoms with van der Waals surface area (Å²) in [4.78, 5) is 20.7. The molecule has 0 amide bonds. The van der Waals surface area contributed by atoms with E-state index in [0.717, 1.165) is 0 Å². The van der Waals surface area contributed by atoms with E-state index in [1.807, 2.05) is 20.8 Å². The maximum Gasteiger partial charge on any atom is 0.459 e. The number of nitrogen functional groups attached to an aromatic ring is 1. The quantitative estimate of drug-likeness (QED) is 0.142. The van der Waals surface area contributed by atoms with Gasteiger partial charge in [-0.25, -0.2) is 14.1 Å². The third kappa shape index (κ3) is 6.80. The molecule has 1 aliphatic heterocycles. The van der Waals surface area contributed by atoms with Crippen molar-refractivity contribution in [3.05, 3.63) is 54.5 Å². The lowest BCUT2D eigenvalue weighted by atomic mass is 9.92. The van der Waals surface area contributed by atoms with Gasteiger partial charge in [0.25, 0.3) is 0 Å². The van der Waals surface area contributed by atoms with E-state index in [-0.39, 0.29) is 23.6 Å². The molecule has 1 unspecified atom stereocenters. The molecule has 0 saturated carbocycles. The Morgan fingerprint density at radius 3 is 2.67 bits per heavy atom. The number of aliphatic hydroxyl groups excluding tert-OH is 2. The van der Waals surface area contributed by atoms with Gasteiger partial charge in [0.05, 0.1) is 18.9 Å². The lowest BCUT2D eigenvalue weighted by Gasteiger charge is -2.28. The van der Waals surface area contributed by atoms with Crippen LogP contribution >= 0.6 is 7.75 Å². The van der Waals surface area contributed by atoms with Crippen molar-refractivity contribution in [1.82, 2.24) is 19.7 Å². The van der Waals surface area contributed by atoms with Crippen molar-refractivity contribution in [2.75, 3.05) is 26.0 Å². The predicted octanol–water partition coefficient (Wildman–Crippen LogP) is 2.10. The highest BCUT2D eigenvalue weighted by atomic mass is 31.2. The van der Waals surface area contributed by atoms with E-state index in [9.17, 15) is 19.6 Å². The number of nitrogens with zero attached hydrogens (tertiary/aromatic N) is 4. The smallest absolute Gasteiger partial charge is 0.459 e. The lowest BCUT2D eigenvalue weighted by molar-refractivity contribution is -0.148. The van der Waals surface area contributed by atoms with Crippen LogP contribution in [-0.4, -0.2) is 81.6 Å². The fourth-order valence-corrected chi connectivity index (χ4v) is 5.89. The Hall–Kier alpha value is -3.39. The molecule has 15 heteroatoms. The van der Waals surface area contributed by atoms with Gasteiger partial charge in [0.2, 0.25) is 0 Å². The number of aliphatic hydroxyl groups is 2. The number of anilines is 1. The van der Waals surface area contributed by atoms with Crippen LogP contribution in [0, 0.1) is 5.41 Å². The second-order valence-corrected chi connectivity index (χ2v) is 12.8. The Bertz CT molecular complexity index is 1460. The van der Waals surface area contributed by atoms with Gasteiger partial charge in [-0.15, -0.1) is 0 Å². The van der Waals surface area contributed by atoms with Gasteiger partial charge in [-0.1, -0.05) is 39.0 Å². The van der Waals surface area contributed by atoms with Crippen molar-refractivity contribution < 1.29 is 38.1 Å². The van der Waals surface area contributed by atoms with Gasteiger partial charge >= 0.3 is 13.7 Å². The number of nitrogens with two attached hydrogens (primary N) is 1. The van der Waals surface area contributed by atoms with Crippen LogP contribution in [0.25, 0.3) is 5.52 Å². The van der Waals surface area contributed by atoms with E-state index in [1.54, 1.807) is 42.5 Å². The topological polar surface area (TPSA) is 192 Å². The minimum Gasteiger partial charge on any atom is -0.464 e. The molecule has 1 saturated heterocycles. The number of aromatic nitrogens is 3. The van der Waals surface area contributed by atoms with E-state index in [0.29, 0.717) is 11.2 Å². The van der Waals surface area contributed by atoms with E-state index in [2.05, 4.69) is 20.2 Å². The summed E-state index contributed by atoms with van der Waals surface area (Å²) in [5, 5.41) is 29.1. The molecule has 0 spiro atoms.